The monoisotopic (exact) mass is 431 g/mol. The maximum Gasteiger partial charge on any atom is 0.297 e. The van der Waals surface area contributed by atoms with E-state index in [1.807, 2.05) is 20.8 Å². The Labute approximate surface area is 172 Å². The van der Waals surface area contributed by atoms with Crippen molar-refractivity contribution >= 4 is 33.6 Å². The van der Waals surface area contributed by atoms with Gasteiger partial charge in [0.2, 0.25) is 4.96 Å². The number of rotatable bonds is 3. The van der Waals surface area contributed by atoms with Crippen molar-refractivity contribution in [2.75, 3.05) is 0 Å². The van der Waals surface area contributed by atoms with E-state index in [4.69, 9.17) is 16.0 Å². The number of hydrogen-bond donors (Lipinski definition) is 0. The number of fused-ring (bicyclic) bond motifs is 1. The number of hydrogen-bond acceptors (Lipinski definition) is 8. The summed E-state index contributed by atoms with van der Waals surface area (Å²) in [6.07, 6.45) is 0. The lowest BCUT2D eigenvalue weighted by atomic mass is 9.93. The summed E-state index contributed by atoms with van der Waals surface area (Å²) in [7, 11) is 0. The first-order valence-corrected chi connectivity index (χ1v) is 9.66. The minimum atomic E-state index is -0.524. The zero-order chi connectivity index (χ0) is 20.9. The Hall–Kier alpha value is -3.11. The SMILES string of the molecule is CC(C)(C)c1nnc2sc(-c3ccc(-c4ccc(Cl)cc4[N+](=O)[O-])o3)nn2c1=O. The predicted octanol–water partition coefficient (Wildman–Crippen LogP) is 4.33. The van der Waals surface area contributed by atoms with E-state index >= 15 is 0 Å². The molecule has 0 aliphatic rings. The second-order valence-corrected chi connectivity index (χ2v) is 8.68. The molecule has 0 unspecified atom stereocenters. The van der Waals surface area contributed by atoms with Gasteiger partial charge < -0.3 is 4.42 Å². The van der Waals surface area contributed by atoms with Crippen molar-refractivity contribution in [2.45, 2.75) is 26.2 Å². The van der Waals surface area contributed by atoms with Crippen LogP contribution in [0.5, 0.6) is 0 Å². The Bertz CT molecular complexity index is 1320. The van der Waals surface area contributed by atoms with Crippen molar-refractivity contribution in [1.29, 1.82) is 0 Å². The van der Waals surface area contributed by atoms with Gasteiger partial charge in [-0.15, -0.1) is 15.3 Å². The fourth-order valence-electron chi connectivity index (χ4n) is 2.75. The average Bonchev–Trinajstić information content (AvgIpc) is 3.27. The smallest absolute Gasteiger partial charge is 0.297 e. The van der Waals surface area contributed by atoms with Gasteiger partial charge >= 0.3 is 0 Å². The third-order valence-corrected chi connectivity index (χ3v) is 5.29. The largest absolute Gasteiger partial charge is 0.453 e. The lowest BCUT2D eigenvalue weighted by molar-refractivity contribution is -0.384. The molecule has 0 saturated carbocycles. The highest BCUT2D eigenvalue weighted by atomic mass is 35.5. The van der Waals surface area contributed by atoms with Gasteiger partial charge in [-0.1, -0.05) is 43.7 Å². The number of halogens is 1. The van der Waals surface area contributed by atoms with Gasteiger partial charge in [-0.2, -0.15) is 4.52 Å². The highest BCUT2D eigenvalue weighted by molar-refractivity contribution is 7.19. The van der Waals surface area contributed by atoms with Crippen LogP contribution in [0.3, 0.4) is 0 Å². The van der Waals surface area contributed by atoms with E-state index in [1.54, 1.807) is 18.2 Å². The molecule has 3 heterocycles. The molecule has 0 aliphatic carbocycles. The van der Waals surface area contributed by atoms with Gasteiger partial charge in [0.25, 0.3) is 11.2 Å². The topological polar surface area (TPSA) is 116 Å². The highest BCUT2D eigenvalue weighted by Gasteiger charge is 2.24. The summed E-state index contributed by atoms with van der Waals surface area (Å²) >= 11 is 7.00. The Morgan fingerprint density at radius 3 is 2.59 bits per heavy atom. The number of nitro benzene ring substituents is 1. The van der Waals surface area contributed by atoms with Gasteiger partial charge in [-0.3, -0.25) is 14.9 Å². The van der Waals surface area contributed by atoms with E-state index in [0.717, 1.165) is 11.3 Å². The molecule has 0 amide bonds. The molecule has 0 N–H and O–H groups in total. The average molecular weight is 432 g/mol. The van der Waals surface area contributed by atoms with Crippen molar-refractivity contribution in [3.63, 3.8) is 0 Å². The standard InChI is InChI=1S/C18H14ClN5O4S/c1-18(2,3)14-16(25)23-17(21-20-14)29-15(22-23)13-7-6-12(28-13)10-5-4-9(19)8-11(10)24(26)27/h4-8H,1-3H3. The van der Waals surface area contributed by atoms with Gasteiger partial charge in [0.15, 0.2) is 10.8 Å². The molecule has 0 radical (unpaired) electrons. The third kappa shape index (κ3) is 3.40. The van der Waals surface area contributed by atoms with Gasteiger partial charge in [-0.05, 0) is 24.3 Å². The second kappa shape index (κ2) is 6.75. The van der Waals surface area contributed by atoms with Crippen LogP contribution < -0.4 is 5.56 Å². The molecule has 0 spiro atoms. The lowest BCUT2D eigenvalue weighted by Crippen LogP contribution is -2.30. The number of furan rings is 1. The zero-order valence-electron chi connectivity index (χ0n) is 15.5. The Balaban J connectivity index is 1.80. The summed E-state index contributed by atoms with van der Waals surface area (Å²) in [4.78, 5) is 23.8. The molecular formula is C18H14ClN5O4S. The van der Waals surface area contributed by atoms with Crippen molar-refractivity contribution in [2.24, 2.45) is 0 Å². The Kier molecular flexibility index (Phi) is 4.47. The molecule has 0 aliphatic heterocycles. The summed E-state index contributed by atoms with van der Waals surface area (Å²) in [5.74, 6) is 0.646. The van der Waals surface area contributed by atoms with Crippen LogP contribution in [0.2, 0.25) is 5.02 Å². The van der Waals surface area contributed by atoms with Crippen LogP contribution >= 0.6 is 22.9 Å². The van der Waals surface area contributed by atoms with E-state index in [0.29, 0.717) is 27.0 Å². The minimum Gasteiger partial charge on any atom is -0.453 e. The first kappa shape index (κ1) is 19.2. The minimum absolute atomic E-state index is 0.167. The molecule has 11 heteroatoms. The van der Waals surface area contributed by atoms with Crippen LogP contribution in [0.15, 0.2) is 39.5 Å². The van der Waals surface area contributed by atoms with E-state index in [9.17, 15) is 14.9 Å². The number of nitrogens with zero attached hydrogens (tertiary/aromatic N) is 5. The molecule has 4 rings (SSSR count). The molecule has 0 saturated heterocycles. The highest BCUT2D eigenvalue weighted by Crippen LogP contribution is 2.36. The quantitative estimate of drug-likeness (QED) is 0.350. The molecule has 1 aromatic carbocycles. The molecule has 0 bridgehead atoms. The van der Waals surface area contributed by atoms with Crippen molar-refractivity contribution in [3.05, 3.63) is 61.5 Å². The maximum absolute atomic E-state index is 12.7. The fraction of sp³-hybridized carbons (Fsp3) is 0.222. The number of benzene rings is 1. The van der Waals surface area contributed by atoms with Crippen LogP contribution in [-0.4, -0.2) is 24.7 Å². The van der Waals surface area contributed by atoms with E-state index in [2.05, 4.69) is 15.3 Å². The van der Waals surface area contributed by atoms with Crippen LogP contribution in [0, 0.1) is 10.1 Å². The number of nitro groups is 1. The maximum atomic E-state index is 12.7. The molecule has 0 atom stereocenters. The Morgan fingerprint density at radius 2 is 1.90 bits per heavy atom. The molecule has 148 valence electrons. The summed E-state index contributed by atoms with van der Waals surface area (Å²) in [5.41, 5.74) is -0.382. The summed E-state index contributed by atoms with van der Waals surface area (Å²) in [6.45, 7) is 5.61. The fourth-order valence-corrected chi connectivity index (χ4v) is 3.71. The molecular weight excluding hydrogens is 418 g/mol. The Morgan fingerprint density at radius 1 is 1.17 bits per heavy atom. The number of aromatic nitrogens is 4. The first-order valence-electron chi connectivity index (χ1n) is 8.47. The molecule has 0 fully saturated rings. The molecule has 3 aromatic heterocycles. The van der Waals surface area contributed by atoms with Gasteiger partial charge in [0.05, 0.1) is 10.5 Å². The third-order valence-electron chi connectivity index (χ3n) is 4.14. The predicted molar refractivity (Wildman–Crippen MR) is 108 cm³/mol. The van der Waals surface area contributed by atoms with Gasteiger partial charge in [0, 0.05) is 16.5 Å². The van der Waals surface area contributed by atoms with Crippen LogP contribution in [-0.2, 0) is 5.41 Å². The first-order chi connectivity index (χ1) is 13.6. The van der Waals surface area contributed by atoms with Crippen LogP contribution in [0.25, 0.3) is 27.1 Å². The van der Waals surface area contributed by atoms with Crippen LogP contribution in [0.1, 0.15) is 26.5 Å². The van der Waals surface area contributed by atoms with Crippen molar-refractivity contribution < 1.29 is 9.34 Å². The molecule has 4 aromatic rings. The normalized spacial score (nSPS) is 11.9. The van der Waals surface area contributed by atoms with E-state index < -0.39 is 10.3 Å². The van der Waals surface area contributed by atoms with Gasteiger partial charge in [0.1, 0.15) is 11.5 Å². The van der Waals surface area contributed by atoms with Gasteiger partial charge in [-0.25, -0.2) is 0 Å². The van der Waals surface area contributed by atoms with E-state index in [-0.39, 0.29) is 22.0 Å². The lowest BCUT2D eigenvalue weighted by Gasteiger charge is -2.14. The summed E-state index contributed by atoms with van der Waals surface area (Å²) in [5, 5.41) is 24.4. The molecule has 9 nitrogen and oxygen atoms in total. The zero-order valence-corrected chi connectivity index (χ0v) is 17.1. The van der Waals surface area contributed by atoms with Crippen molar-refractivity contribution in [1.82, 2.24) is 19.8 Å². The summed E-state index contributed by atoms with van der Waals surface area (Å²) in [6, 6.07) is 7.57. The summed E-state index contributed by atoms with van der Waals surface area (Å²) < 4.78 is 6.99. The van der Waals surface area contributed by atoms with Crippen LogP contribution in [0.4, 0.5) is 5.69 Å². The molecule has 29 heavy (non-hydrogen) atoms. The second-order valence-electron chi connectivity index (χ2n) is 7.29. The van der Waals surface area contributed by atoms with E-state index in [1.165, 1.54) is 16.6 Å². The van der Waals surface area contributed by atoms with Crippen molar-refractivity contribution in [3.8, 4) is 22.1 Å².